The molecule has 2 heteroatoms. The van der Waals surface area contributed by atoms with E-state index in [0.717, 1.165) is 13.0 Å². The quantitative estimate of drug-likeness (QED) is 0.626. The van der Waals surface area contributed by atoms with Gasteiger partial charge in [0.15, 0.2) is 0 Å². The van der Waals surface area contributed by atoms with Crippen molar-refractivity contribution in [1.82, 2.24) is 4.90 Å². The minimum Gasteiger partial charge on any atom is -0.357 e. The van der Waals surface area contributed by atoms with Crippen molar-refractivity contribution in [3.63, 3.8) is 0 Å². The van der Waals surface area contributed by atoms with E-state index in [1.807, 2.05) is 0 Å². The smallest absolute Gasteiger partial charge is 0.116 e. The van der Waals surface area contributed by atoms with Crippen LogP contribution in [0.5, 0.6) is 0 Å². The van der Waals surface area contributed by atoms with Gasteiger partial charge < -0.3 is 4.74 Å². The highest BCUT2D eigenvalue weighted by Crippen LogP contribution is 2.38. The van der Waals surface area contributed by atoms with E-state index in [9.17, 15) is 0 Å². The second-order valence-electron chi connectivity index (χ2n) is 7.71. The molecule has 1 aliphatic rings. The van der Waals surface area contributed by atoms with Crippen LogP contribution in [0.2, 0.25) is 0 Å². The van der Waals surface area contributed by atoms with Gasteiger partial charge in [-0.2, -0.15) is 0 Å². The standard InChI is InChI=1S/C14H29NO/c1-12(2,3)11-15(13(4,5)6)10-9-14(7,8)16-11/h11H,9-10H2,1-8H3. The average Bonchev–Trinajstić information content (AvgIpc) is 1.97. The Balaban J connectivity index is 2.94. The van der Waals surface area contributed by atoms with E-state index in [1.54, 1.807) is 0 Å². The summed E-state index contributed by atoms with van der Waals surface area (Å²) in [7, 11) is 0. The van der Waals surface area contributed by atoms with Crippen molar-refractivity contribution in [3.05, 3.63) is 0 Å². The first-order valence-corrected chi connectivity index (χ1v) is 6.38. The molecule has 1 aliphatic heterocycles. The van der Waals surface area contributed by atoms with Gasteiger partial charge in [-0.05, 0) is 41.0 Å². The number of hydrogen-bond acceptors (Lipinski definition) is 2. The minimum absolute atomic E-state index is 0.0136. The summed E-state index contributed by atoms with van der Waals surface area (Å²) in [6, 6.07) is 0. The number of ether oxygens (including phenoxy) is 1. The third-order valence-electron chi connectivity index (χ3n) is 3.27. The average molecular weight is 227 g/mol. The summed E-state index contributed by atoms with van der Waals surface area (Å²) in [6.45, 7) is 19.1. The molecule has 0 amide bonds. The lowest BCUT2D eigenvalue weighted by molar-refractivity contribution is -0.238. The molecule has 16 heavy (non-hydrogen) atoms. The predicted octanol–water partition coefficient (Wildman–Crippen LogP) is 3.66. The highest BCUT2D eigenvalue weighted by Gasteiger charge is 2.43. The van der Waals surface area contributed by atoms with Crippen LogP contribution in [0.25, 0.3) is 0 Å². The van der Waals surface area contributed by atoms with E-state index >= 15 is 0 Å². The Bertz CT molecular complexity index is 244. The molecule has 1 heterocycles. The van der Waals surface area contributed by atoms with Gasteiger partial charge in [-0.3, -0.25) is 4.90 Å². The van der Waals surface area contributed by atoms with Gasteiger partial charge in [-0.1, -0.05) is 20.8 Å². The molecule has 0 aliphatic carbocycles. The topological polar surface area (TPSA) is 12.5 Å². The van der Waals surface area contributed by atoms with Crippen LogP contribution in [0.4, 0.5) is 0 Å². The number of hydrogen-bond donors (Lipinski definition) is 0. The lowest BCUT2D eigenvalue weighted by Crippen LogP contribution is -2.61. The van der Waals surface area contributed by atoms with Crippen LogP contribution >= 0.6 is 0 Å². The summed E-state index contributed by atoms with van der Waals surface area (Å²) < 4.78 is 6.30. The summed E-state index contributed by atoms with van der Waals surface area (Å²) in [5.74, 6) is 0. The lowest BCUT2D eigenvalue weighted by atomic mass is 9.87. The van der Waals surface area contributed by atoms with Gasteiger partial charge in [0.2, 0.25) is 0 Å². The molecular formula is C14H29NO. The molecule has 1 fully saturated rings. The molecule has 1 atom stereocenters. The maximum absolute atomic E-state index is 6.30. The van der Waals surface area contributed by atoms with E-state index < -0.39 is 0 Å². The van der Waals surface area contributed by atoms with Gasteiger partial charge in [-0.25, -0.2) is 0 Å². The Morgan fingerprint density at radius 2 is 1.56 bits per heavy atom. The van der Waals surface area contributed by atoms with Crippen molar-refractivity contribution in [2.45, 2.75) is 79.2 Å². The SMILES string of the molecule is CC1(C)CCN(C(C)(C)C)C(C(C)(C)C)O1. The first-order valence-electron chi connectivity index (χ1n) is 6.38. The molecule has 0 spiro atoms. The highest BCUT2D eigenvalue weighted by molar-refractivity contribution is 4.91. The van der Waals surface area contributed by atoms with Crippen molar-refractivity contribution >= 4 is 0 Å². The Morgan fingerprint density at radius 1 is 1.06 bits per heavy atom. The van der Waals surface area contributed by atoms with Gasteiger partial charge >= 0.3 is 0 Å². The fraction of sp³-hybridized carbons (Fsp3) is 1.00. The van der Waals surface area contributed by atoms with Crippen LogP contribution in [-0.2, 0) is 4.74 Å². The summed E-state index contributed by atoms with van der Waals surface area (Å²) >= 11 is 0. The molecule has 0 bridgehead atoms. The van der Waals surface area contributed by atoms with Gasteiger partial charge in [0.1, 0.15) is 6.23 Å². The molecule has 1 unspecified atom stereocenters. The summed E-state index contributed by atoms with van der Waals surface area (Å²) in [5, 5.41) is 0. The van der Waals surface area contributed by atoms with Crippen molar-refractivity contribution in [2.75, 3.05) is 6.54 Å². The third kappa shape index (κ3) is 3.21. The summed E-state index contributed by atoms with van der Waals surface area (Å²) in [5.41, 5.74) is 0.346. The van der Waals surface area contributed by atoms with Crippen LogP contribution in [0.15, 0.2) is 0 Å². The fourth-order valence-electron chi connectivity index (χ4n) is 2.26. The molecule has 1 saturated heterocycles. The number of rotatable bonds is 0. The van der Waals surface area contributed by atoms with Crippen molar-refractivity contribution in [2.24, 2.45) is 5.41 Å². The van der Waals surface area contributed by atoms with Crippen molar-refractivity contribution in [3.8, 4) is 0 Å². The van der Waals surface area contributed by atoms with E-state index in [4.69, 9.17) is 4.74 Å². The van der Waals surface area contributed by atoms with Crippen LogP contribution in [0, 0.1) is 5.41 Å². The zero-order chi connectivity index (χ0) is 12.8. The van der Waals surface area contributed by atoms with Crippen LogP contribution in [0.3, 0.4) is 0 Å². The van der Waals surface area contributed by atoms with Gasteiger partial charge in [0, 0.05) is 17.5 Å². The van der Waals surface area contributed by atoms with E-state index in [1.165, 1.54) is 0 Å². The molecule has 0 aromatic carbocycles. The Labute approximate surface area is 101 Å². The van der Waals surface area contributed by atoms with Crippen LogP contribution in [-0.4, -0.2) is 28.8 Å². The van der Waals surface area contributed by atoms with E-state index in [0.29, 0.717) is 0 Å². The minimum atomic E-state index is 0.0136. The predicted molar refractivity (Wildman–Crippen MR) is 69.5 cm³/mol. The highest BCUT2D eigenvalue weighted by atomic mass is 16.5. The third-order valence-corrected chi connectivity index (χ3v) is 3.27. The first kappa shape index (κ1) is 14.0. The molecule has 0 radical (unpaired) electrons. The second kappa shape index (κ2) is 3.99. The maximum atomic E-state index is 6.30. The second-order valence-corrected chi connectivity index (χ2v) is 7.71. The summed E-state index contributed by atoms with van der Waals surface area (Å²) in [4.78, 5) is 2.50. The fourth-order valence-corrected chi connectivity index (χ4v) is 2.26. The maximum Gasteiger partial charge on any atom is 0.116 e. The molecule has 0 aromatic heterocycles. The normalized spacial score (nSPS) is 28.1. The molecule has 0 N–H and O–H groups in total. The molecular weight excluding hydrogens is 198 g/mol. The van der Waals surface area contributed by atoms with Gasteiger partial charge in [0.25, 0.3) is 0 Å². The Hall–Kier alpha value is -0.0800. The van der Waals surface area contributed by atoms with Crippen molar-refractivity contribution in [1.29, 1.82) is 0 Å². The molecule has 96 valence electrons. The lowest BCUT2D eigenvalue weighted by Gasteiger charge is -2.53. The zero-order valence-corrected chi connectivity index (χ0v) is 12.3. The summed E-state index contributed by atoms with van der Waals surface area (Å²) in [6.07, 6.45) is 1.31. The van der Waals surface area contributed by atoms with Crippen LogP contribution in [0.1, 0.15) is 61.8 Å². The van der Waals surface area contributed by atoms with Crippen molar-refractivity contribution < 1.29 is 4.74 Å². The Morgan fingerprint density at radius 3 is 1.94 bits per heavy atom. The number of nitrogens with zero attached hydrogens (tertiary/aromatic N) is 1. The largest absolute Gasteiger partial charge is 0.357 e. The monoisotopic (exact) mass is 227 g/mol. The molecule has 1 rings (SSSR count). The molecule has 0 saturated carbocycles. The zero-order valence-electron chi connectivity index (χ0n) is 12.3. The Kier molecular flexibility index (Phi) is 3.49. The molecule has 0 aromatic rings. The van der Waals surface area contributed by atoms with Gasteiger partial charge in [0.05, 0.1) is 5.60 Å². The van der Waals surface area contributed by atoms with Gasteiger partial charge in [-0.15, -0.1) is 0 Å². The van der Waals surface area contributed by atoms with Crippen LogP contribution < -0.4 is 0 Å². The first-order chi connectivity index (χ1) is 6.93. The van der Waals surface area contributed by atoms with E-state index in [2.05, 4.69) is 60.3 Å². The molecule has 2 nitrogen and oxygen atoms in total. The van der Waals surface area contributed by atoms with E-state index in [-0.39, 0.29) is 22.8 Å².